The summed E-state index contributed by atoms with van der Waals surface area (Å²) in [6.45, 7) is 1.12. The molecule has 0 bridgehead atoms. The summed E-state index contributed by atoms with van der Waals surface area (Å²) in [4.78, 5) is 4.73. The van der Waals surface area contributed by atoms with Crippen molar-refractivity contribution >= 4 is 5.52 Å². The summed E-state index contributed by atoms with van der Waals surface area (Å²) in [5.41, 5.74) is 2.69. The molecule has 3 unspecified atom stereocenters. The molecule has 1 N–H and O–H groups in total. The van der Waals surface area contributed by atoms with Crippen LogP contribution in [0.25, 0.3) is 16.8 Å². The van der Waals surface area contributed by atoms with E-state index >= 15 is 0 Å². The predicted octanol–water partition coefficient (Wildman–Crippen LogP) is 1.26. The number of aromatic nitrogens is 5. The van der Waals surface area contributed by atoms with Crippen LogP contribution in [-0.4, -0.2) is 43.1 Å². The van der Waals surface area contributed by atoms with Crippen molar-refractivity contribution in [2.75, 3.05) is 6.54 Å². The van der Waals surface area contributed by atoms with E-state index in [9.17, 15) is 0 Å². The molecule has 0 radical (unpaired) electrons. The van der Waals surface area contributed by atoms with Gasteiger partial charge in [0.05, 0.1) is 24.3 Å². The fourth-order valence-electron chi connectivity index (χ4n) is 3.62. The molecule has 1 aliphatic carbocycles. The van der Waals surface area contributed by atoms with Gasteiger partial charge in [-0.05, 0) is 31.4 Å². The number of fused-ring (bicyclic) bond motifs is 2. The van der Waals surface area contributed by atoms with Gasteiger partial charge in [-0.15, -0.1) is 0 Å². The second kappa shape index (κ2) is 4.79. The van der Waals surface area contributed by atoms with E-state index in [4.69, 9.17) is 9.72 Å². The van der Waals surface area contributed by atoms with Gasteiger partial charge in [-0.3, -0.25) is 4.68 Å². The molecule has 1 saturated carbocycles. The molecule has 1 saturated heterocycles. The van der Waals surface area contributed by atoms with Crippen LogP contribution in [0.15, 0.2) is 30.9 Å². The van der Waals surface area contributed by atoms with Gasteiger partial charge in [0, 0.05) is 24.8 Å². The van der Waals surface area contributed by atoms with Crippen molar-refractivity contribution in [2.24, 2.45) is 13.0 Å². The normalized spacial score (nSPS) is 26.2. The minimum Gasteiger partial charge on any atom is -0.473 e. The number of rotatable bonds is 3. The minimum atomic E-state index is 0.232. The van der Waals surface area contributed by atoms with Crippen molar-refractivity contribution in [1.29, 1.82) is 0 Å². The highest BCUT2D eigenvalue weighted by Gasteiger charge is 2.41. The summed E-state index contributed by atoms with van der Waals surface area (Å²) in [5.74, 6) is 1.43. The third kappa shape index (κ3) is 2.11. The summed E-state index contributed by atoms with van der Waals surface area (Å²) in [7, 11) is 1.90. The average Bonchev–Trinajstić information content (AvgIpc) is 3.21. The van der Waals surface area contributed by atoms with E-state index in [1.807, 2.05) is 30.0 Å². The van der Waals surface area contributed by atoms with Crippen molar-refractivity contribution in [3.05, 3.63) is 30.9 Å². The molecule has 1 aliphatic heterocycles. The van der Waals surface area contributed by atoms with E-state index in [0.717, 1.165) is 42.1 Å². The Bertz CT molecular complexity index is 856. The van der Waals surface area contributed by atoms with E-state index in [2.05, 4.69) is 15.5 Å². The summed E-state index contributed by atoms with van der Waals surface area (Å²) in [6.07, 6.45) is 9.84. The Morgan fingerprint density at radius 1 is 1.26 bits per heavy atom. The van der Waals surface area contributed by atoms with Gasteiger partial charge < -0.3 is 10.1 Å². The van der Waals surface area contributed by atoms with Crippen molar-refractivity contribution < 1.29 is 4.74 Å². The highest BCUT2D eigenvalue weighted by Crippen LogP contribution is 2.35. The fourth-order valence-corrected chi connectivity index (χ4v) is 3.62. The zero-order valence-electron chi connectivity index (χ0n) is 12.9. The molecule has 3 atom stereocenters. The van der Waals surface area contributed by atoms with Gasteiger partial charge in [0.1, 0.15) is 11.6 Å². The van der Waals surface area contributed by atoms with E-state index < -0.39 is 0 Å². The molecule has 5 rings (SSSR count). The number of nitrogens with zero attached hydrogens (tertiary/aromatic N) is 5. The lowest BCUT2D eigenvalue weighted by molar-refractivity contribution is 0.200. The zero-order valence-corrected chi connectivity index (χ0v) is 12.9. The van der Waals surface area contributed by atoms with Gasteiger partial charge >= 0.3 is 0 Å². The molecule has 23 heavy (non-hydrogen) atoms. The Labute approximate surface area is 133 Å². The summed E-state index contributed by atoms with van der Waals surface area (Å²) in [6, 6.07) is 2.57. The van der Waals surface area contributed by atoms with Crippen LogP contribution in [0.1, 0.15) is 12.8 Å². The van der Waals surface area contributed by atoms with E-state index in [1.54, 1.807) is 17.1 Å². The van der Waals surface area contributed by atoms with Gasteiger partial charge in [0.15, 0.2) is 0 Å². The Kier molecular flexibility index (Phi) is 2.72. The Morgan fingerprint density at radius 3 is 2.91 bits per heavy atom. The third-order valence-electron chi connectivity index (χ3n) is 4.93. The van der Waals surface area contributed by atoms with Crippen molar-refractivity contribution in [3.8, 4) is 17.1 Å². The van der Waals surface area contributed by atoms with Crippen LogP contribution in [0.2, 0.25) is 0 Å². The Balaban J connectivity index is 1.52. The number of hydrogen-bond donors (Lipinski definition) is 1. The maximum absolute atomic E-state index is 6.26. The minimum absolute atomic E-state index is 0.232. The first kappa shape index (κ1) is 13.1. The second-order valence-electron chi connectivity index (χ2n) is 6.48. The molecular formula is C16H18N6O. The molecule has 3 aromatic rings. The van der Waals surface area contributed by atoms with Crippen LogP contribution in [0, 0.1) is 5.92 Å². The molecule has 0 aromatic carbocycles. The molecule has 7 nitrogen and oxygen atoms in total. The number of ether oxygens (including phenoxy) is 1. The number of nitrogens with one attached hydrogen (secondary N) is 1. The number of aryl methyl sites for hydroxylation is 1. The standard InChI is InChI=1S/C16H18N6O/c1-21-8-11(7-19-21)14-9-22-15(2-3-18-22)16(20-14)23-12-4-10-6-17-13(10)5-12/h2-3,7-10,12-13,17H,4-6H2,1H3. The van der Waals surface area contributed by atoms with E-state index in [1.165, 1.54) is 0 Å². The maximum Gasteiger partial charge on any atom is 0.240 e. The first-order chi connectivity index (χ1) is 11.3. The van der Waals surface area contributed by atoms with Gasteiger partial charge in [0.25, 0.3) is 0 Å². The third-order valence-corrected chi connectivity index (χ3v) is 4.93. The van der Waals surface area contributed by atoms with Gasteiger partial charge in [-0.1, -0.05) is 0 Å². The van der Waals surface area contributed by atoms with Gasteiger partial charge in [-0.2, -0.15) is 10.2 Å². The lowest BCUT2D eigenvalue weighted by Crippen LogP contribution is -2.49. The largest absolute Gasteiger partial charge is 0.473 e. The molecule has 3 aromatic heterocycles. The number of hydrogen-bond acceptors (Lipinski definition) is 5. The molecule has 118 valence electrons. The highest BCUT2D eigenvalue weighted by molar-refractivity contribution is 5.63. The molecule has 0 amide bonds. The first-order valence-corrected chi connectivity index (χ1v) is 8.00. The SMILES string of the molecule is Cn1cc(-c2cn3nccc3c(OC3CC4CNC4C3)n2)cn1. The average molecular weight is 310 g/mol. The van der Waals surface area contributed by atoms with Crippen LogP contribution in [0.3, 0.4) is 0 Å². The quantitative estimate of drug-likeness (QED) is 0.789. The van der Waals surface area contributed by atoms with Crippen LogP contribution in [0.5, 0.6) is 5.88 Å². The molecule has 4 heterocycles. The van der Waals surface area contributed by atoms with Crippen LogP contribution >= 0.6 is 0 Å². The summed E-state index contributed by atoms with van der Waals surface area (Å²) in [5, 5.41) is 12.0. The topological polar surface area (TPSA) is 69.3 Å². The lowest BCUT2D eigenvalue weighted by atomic mass is 9.96. The van der Waals surface area contributed by atoms with Crippen molar-refractivity contribution in [2.45, 2.75) is 25.0 Å². The Morgan fingerprint density at radius 2 is 2.22 bits per heavy atom. The van der Waals surface area contributed by atoms with Crippen LogP contribution in [-0.2, 0) is 7.05 Å². The van der Waals surface area contributed by atoms with Crippen LogP contribution in [0.4, 0.5) is 0 Å². The van der Waals surface area contributed by atoms with Gasteiger partial charge in [-0.25, -0.2) is 9.50 Å². The smallest absolute Gasteiger partial charge is 0.240 e. The molecular weight excluding hydrogens is 292 g/mol. The van der Waals surface area contributed by atoms with Gasteiger partial charge in [0.2, 0.25) is 5.88 Å². The van der Waals surface area contributed by atoms with Crippen molar-refractivity contribution in [3.63, 3.8) is 0 Å². The molecule has 2 aliphatic rings. The fraction of sp³-hybridized carbons (Fsp3) is 0.438. The Hall–Kier alpha value is -2.41. The van der Waals surface area contributed by atoms with Crippen molar-refractivity contribution in [1.82, 2.24) is 29.7 Å². The predicted molar refractivity (Wildman–Crippen MR) is 84.1 cm³/mol. The van der Waals surface area contributed by atoms with E-state index in [-0.39, 0.29) is 6.10 Å². The molecule has 7 heteroatoms. The summed E-state index contributed by atoms with van der Waals surface area (Å²) < 4.78 is 9.85. The zero-order chi connectivity index (χ0) is 15.4. The first-order valence-electron chi connectivity index (χ1n) is 8.00. The maximum atomic E-state index is 6.26. The van der Waals surface area contributed by atoms with Crippen LogP contribution < -0.4 is 10.1 Å². The second-order valence-corrected chi connectivity index (χ2v) is 6.48. The molecule has 0 spiro atoms. The summed E-state index contributed by atoms with van der Waals surface area (Å²) >= 11 is 0. The molecule has 2 fully saturated rings. The monoisotopic (exact) mass is 310 g/mol. The highest BCUT2D eigenvalue weighted by atomic mass is 16.5. The lowest BCUT2D eigenvalue weighted by Gasteiger charge is -2.31. The van der Waals surface area contributed by atoms with E-state index in [0.29, 0.717) is 11.9 Å².